The fraction of sp³-hybridized carbons (Fsp3) is 0.568. The summed E-state index contributed by atoms with van der Waals surface area (Å²) in [4.78, 5) is 65.3. The van der Waals surface area contributed by atoms with Crippen molar-refractivity contribution in [3.8, 4) is 10.4 Å². The first-order valence-corrected chi connectivity index (χ1v) is 21.1. The third kappa shape index (κ3) is 9.97. The number of aliphatic hydroxyl groups is 1. The minimum atomic E-state index is -0.939. The van der Waals surface area contributed by atoms with Crippen LogP contribution >= 0.6 is 11.3 Å². The van der Waals surface area contributed by atoms with Crippen molar-refractivity contribution in [1.82, 2.24) is 25.4 Å². The minimum Gasteiger partial charge on any atom is -0.444 e. The molecule has 3 aliphatic rings. The van der Waals surface area contributed by atoms with E-state index in [4.69, 9.17) is 4.74 Å². The number of hydrogen-bond acceptors (Lipinski definition) is 9. The van der Waals surface area contributed by atoms with Gasteiger partial charge in [0.15, 0.2) is 0 Å². The molecule has 1 aromatic heterocycles. The quantitative estimate of drug-likeness (QED) is 0.228. The number of hydrogen-bond donors (Lipinski definition) is 3. The van der Waals surface area contributed by atoms with Gasteiger partial charge >= 0.3 is 6.09 Å². The lowest BCUT2D eigenvalue weighted by Crippen LogP contribution is -2.57. The first-order valence-electron chi connectivity index (χ1n) is 20.3. The van der Waals surface area contributed by atoms with Gasteiger partial charge in [-0.15, -0.1) is 11.3 Å². The molecule has 4 heterocycles. The number of rotatable bonds is 8. The number of likely N-dealkylation sites (tertiary alicyclic amines) is 2. The van der Waals surface area contributed by atoms with Crippen LogP contribution in [0.1, 0.15) is 108 Å². The lowest BCUT2D eigenvalue weighted by atomic mass is 9.71. The molecule has 3 saturated heterocycles. The van der Waals surface area contributed by atoms with Gasteiger partial charge in [0, 0.05) is 50.4 Å². The molecule has 0 saturated carbocycles. The Kier molecular flexibility index (Phi) is 12.4. The Labute approximate surface area is 341 Å². The largest absolute Gasteiger partial charge is 0.444 e. The van der Waals surface area contributed by atoms with E-state index in [0.29, 0.717) is 18.7 Å². The molecule has 57 heavy (non-hydrogen) atoms. The summed E-state index contributed by atoms with van der Waals surface area (Å²) < 4.78 is 5.59. The Morgan fingerprint density at radius 2 is 1.51 bits per heavy atom. The number of anilines is 1. The standard InChI is InChI=1S/C44H60N6O6S/c1-28(30-9-11-31(12-10-30)36-29(2)45-27-57-36)46-39(53)35-25-34(51)26-50(35)40(54)37(42(3,4)5)47-38(52)32-13-15-33(16-14-32)48-21-17-44(18-22-48)19-23-49(24-20-44)41(55)56-43(6,7)8/h9-16,27-28,34-35,37,51H,17-26H2,1-8H3,(H,46,53)(H,47,52)/t28-,34+,35-,37+/m0/s1. The Hall–Kier alpha value is -4.49. The first-order chi connectivity index (χ1) is 26.8. The average Bonchev–Trinajstić information content (AvgIpc) is 3.78. The molecule has 4 amide bonds. The number of carbonyl (C=O) groups excluding carboxylic acids is 4. The molecule has 13 heteroatoms. The fourth-order valence-corrected chi connectivity index (χ4v) is 9.09. The molecule has 3 fully saturated rings. The second kappa shape index (κ2) is 16.8. The van der Waals surface area contributed by atoms with Crippen molar-refractivity contribution in [2.45, 2.75) is 117 Å². The smallest absolute Gasteiger partial charge is 0.410 e. The second-order valence-corrected chi connectivity index (χ2v) is 19.1. The predicted octanol–water partition coefficient (Wildman–Crippen LogP) is 6.72. The van der Waals surface area contributed by atoms with Crippen LogP contribution in [0.3, 0.4) is 0 Å². The zero-order chi connectivity index (χ0) is 41.3. The van der Waals surface area contributed by atoms with E-state index in [1.165, 1.54) is 4.90 Å². The number of nitrogens with zero attached hydrogens (tertiary/aromatic N) is 4. The molecule has 308 valence electrons. The van der Waals surface area contributed by atoms with Gasteiger partial charge in [0.25, 0.3) is 5.91 Å². The van der Waals surface area contributed by atoms with E-state index in [1.807, 2.05) is 102 Å². The van der Waals surface area contributed by atoms with Crippen molar-refractivity contribution in [3.63, 3.8) is 0 Å². The summed E-state index contributed by atoms with van der Waals surface area (Å²) in [5.41, 5.74) is 5.28. The van der Waals surface area contributed by atoms with Gasteiger partial charge in [0.1, 0.15) is 17.7 Å². The molecule has 0 bridgehead atoms. The number of thiazole rings is 1. The molecule has 3 N–H and O–H groups in total. The van der Waals surface area contributed by atoms with Gasteiger partial charge in [-0.25, -0.2) is 9.78 Å². The highest BCUT2D eigenvalue weighted by molar-refractivity contribution is 7.13. The van der Waals surface area contributed by atoms with Crippen LogP contribution in [0.15, 0.2) is 54.0 Å². The van der Waals surface area contributed by atoms with E-state index < -0.39 is 35.1 Å². The number of aliphatic hydroxyl groups excluding tert-OH is 1. The molecule has 1 spiro atoms. The Balaban J connectivity index is 1.04. The summed E-state index contributed by atoms with van der Waals surface area (Å²) in [5.74, 6) is -1.13. The highest BCUT2D eigenvalue weighted by Crippen LogP contribution is 2.42. The zero-order valence-corrected chi connectivity index (χ0v) is 35.6. The van der Waals surface area contributed by atoms with Crippen molar-refractivity contribution in [1.29, 1.82) is 0 Å². The van der Waals surface area contributed by atoms with E-state index in [0.717, 1.165) is 66.2 Å². The summed E-state index contributed by atoms with van der Waals surface area (Å²) >= 11 is 1.58. The third-order valence-electron chi connectivity index (χ3n) is 11.8. The molecular formula is C44H60N6O6S. The van der Waals surface area contributed by atoms with Gasteiger partial charge in [-0.3, -0.25) is 14.4 Å². The molecule has 2 aromatic carbocycles. The van der Waals surface area contributed by atoms with Crippen molar-refractivity contribution in [3.05, 3.63) is 70.9 Å². The Morgan fingerprint density at radius 3 is 2.07 bits per heavy atom. The minimum absolute atomic E-state index is 0.00443. The highest BCUT2D eigenvalue weighted by Gasteiger charge is 2.45. The normalized spacial score (nSPS) is 20.9. The van der Waals surface area contributed by atoms with Crippen LogP contribution in [0.5, 0.6) is 0 Å². The highest BCUT2D eigenvalue weighted by atomic mass is 32.1. The zero-order valence-electron chi connectivity index (χ0n) is 34.8. The SMILES string of the molecule is Cc1ncsc1-c1ccc([C@H](C)NC(=O)[C@@H]2C[C@@H](O)CN2C(=O)[C@@H](NC(=O)c2ccc(N3CCC4(CCN(C(=O)OC(C)(C)C)CC4)CC3)cc2)C(C)(C)C)cc1. The summed E-state index contributed by atoms with van der Waals surface area (Å²) in [5, 5.41) is 16.7. The topological polar surface area (TPSA) is 144 Å². The number of carbonyl (C=O) groups is 4. The van der Waals surface area contributed by atoms with Crippen LogP contribution in [-0.4, -0.2) is 100 Å². The molecule has 0 aliphatic carbocycles. The Morgan fingerprint density at radius 1 is 0.895 bits per heavy atom. The van der Waals surface area contributed by atoms with Crippen LogP contribution in [-0.2, 0) is 14.3 Å². The van der Waals surface area contributed by atoms with Crippen LogP contribution in [0, 0.1) is 17.8 Å². The number of nitrogens with one attached hydrogen (secondary N) is 2. The summed E-state index contributed by atoms with van der Waals surface area (Å²) in [6, 6.07) is 13.3. The number of amides is 4. The number of piperidine rings is 2. The number of aryl methyl sites for hydroxylation is 1. The maximum Gasteiger partial charge on any atom is 0.410 e. The van der Waals surface area contributed by atoms with Crippen molar-refractivity contribution in [2.75, 3.05) is 37.6 Å². The average molecular weight is 801 g/mol. The maximum atomic E-state index is 14.2. The van der Waals surface area contributed by atoms with Crippen LogP contribution in [0.25, 0.3) is 10.4 Å². The van der Waals surface area contributed by atoms with Gasteiger partial charge in [-0.2, -0.15) is 0 Å². The summed E-state index contributed by atoms with van der Waals surface area (Å²) in [6.07, 6.45) is 3.04. The summed E-state index contributed by atoms with van der Waals surface area (Å²) in [6.45, 7) is 18.4. The molecule has 3 aromatic rings. The summed E-state index contributed by atoms with van der Waals surface area (Å²) in [7, 11) is 0. The van der Waals surface area contributed by atoms with E-state index in [-0.39, 0.29) is 42.3 Å². The molecular weight excluding hydrogens is 741 g/mol. The molecule has 6 rings (SSSR count). The molecule has 4 atom stereocenters. The van der Waals surface area contributed by atoms with Crippen molar-refractivity contribution in [2.24, 2.45) is 10.8 Å². The molecule has 12 nitrogen and oxygen atoms in total. The lowest BCUT2D eigenvalue weighted by molar-refractivity contribution is -0.142. The lowest BCUT2D eigenvalue weighted by Gasteiger charge is -2.47. The van der Waals surface area contributed by atoms with E-state index in [1.54, 1.807) is 23.5 Å². The van der Waals surface area contributed by atoms with E-state index in [2.05, 4.69) is 20.5 Å². The van der Waals surface area contributed by atoms with Crippen LogP contribution in [0.2, 0.25) is 0 Å². The van der Waals surface area contributed by atoms with Crippen molar-refractivity contribution >= 4 is 40.8 Å². The maximum absolute atomic E-state index is 14.2. The number of benzene rings is 2. The Bertz CT molecular complexity index is 1900. The van der Waals surface area contributed by atoms with E-state index >= 15 is 0 Å². The van der Waals surface area contributed by atoms with Gasteiger partial charge in [0.2, 0.25) is 11.8 Å². The molecule has 3 aliphatic heterocycles. The molecule has 0 unspecified atom stereocenters. The van der Waals surface area contributed by atoms with Gasteiger partial charge in [0.05, 0.1) is 28.2 Å². The van der Waals surface area contributed by atoms with Gasteiger partial charge < -0.3 is 35.2 Å². The van der Waals surface area contributed by atoms with E-state index in [9.17, 15) is 24.3 Å². The fourth-order valence-electron chi connectivity index (χ4n) is 8.28. The number of β-amino-alcohol motifs (C(OH)–C–C–N with tert-alkyl or cyclic N) is 1. The third-order valence-corrected chi connectivity index (χ3v) is 12.8. The predicted molar refractivity (Wildman–Crippen MR) is 223 cm³/mol. The monoisotopic (exact) mass is 800 g/mol. The van der Waals surface area contributed by atoms with Gasteiger partial charge in [-0.05, 0) is 107 Å². The van der Waals surface area contributed by atoms with Crippen molar-refractivity contribution < 1.29 is 29.0 Å². The van der Waals surface area contributed by atoms with Crippen LogP contribution < -0.4 is 15.5 Å². The first kappa shape index (κ1) is 42.1. The second-order valence-electron chi connectivity index (χ2n) is 18.3. The van der Waals surface area contributed by atoms with Crippen LogP contribution in [0.4, 0.5) is 10.5 Å². The van der Waals surface area contributed by atoms with Gasteiger partial charge in [-0.1, -0.05) is 45.0 Å². The number of ether oxygens (including phenoxy) is 1. The molecule has 0 radical (unpaired) electrons. The number of aromatic nitrogens is 1.